The SMILES string of the molecule is COc1ccc(NC(=O)c2cccc(C(=O)NCCC(C)C)c2)cc1Cl. The van der Waals surface area contributed by atoms with Gasteiger partial charge in [-0.3, -0.25) is 9.59 Å². The molecule has 0 saturated carbocycles. The lowest BCUT2D eigenvalue weighted by atomic mass is 10.1. The molecule has 0 unspecified atom stereocenters. The minimum absolute atomic E-state index is 0.187. The molecule has 0 bridgehead atoms. The minimum atomic E-state index is -0.317. The lowest BCUT2D eigenvalue weighted by molar-refractivity contribution is 0.0952. The molecule has 0 aliphatic heterocycles. The summed E-state index contributed by atoms with van der Waals surface area (Å²) in [5.74, 6) is 0.546. The van der Waals surface area contributed by atoms with Crippen molar-refractivity contribution in [3.05, 3.63) is 58.6 Å². The average Bonchev–Trinajstić information content (AvgIpc) is 2.61. The van der Waals surface area contributed by atoms with Crippen LogP contribution in [-0.4, -0.2) is 25.5 Å². The summed E-state index contributed by atoms with van der Waals surface area (Å²) in [5, 5.41) is 6.03. The van der Waals surface area contributed by atoms with Crippen LogP contribution in [-0.2, 0) is 0 Å². The second-order valence-electron chi connectivity index (χ2n) is 6.32. The Morgan fingerprint density at radius 2 is 1.77 bits per heavy atom. The van der Waals surface area contributed by atoms with Gasteiger partial charge in [-0.1, -0.05) is 31.5 Å². The second kappa shape index (κ2) is 9.25. The van der Waals surface area contributed by atoms with E-state index in [-0.39, 0.29) is 11.8 Å². The summed E-state index contributed by atoms with van der Waals surface area (Å²) in [6, 6.07) is 11.6. The van der Waals surface area contributed by atoms with E-state index in [2.05, 4.69) is 24.5 Å². The predicted octanol–water partition coefficient (Wildman–Crippen LogP) is 4.38. The van der Waals surface area contributed by atoms with Gasteiger partial charge >= 0.3 is 0 Å². The van der Waals surface area contributed by atoms with Crippen LogP contribution in [0, 0.1) is 5.92 Å². The molecule has 2 N–H and O–H groups in total. The average molecular weight is 375 g/mol. The zero-order chi connectivity index (χ0) is 19.1. The van der Waals surface area contributed by atoms with Crippen molar-refractivity contribution in [1.82, 2.24) is 5.32 Å². The van der Waals surface area contributed by atoms with Crippen LogP contribution in [0.25, 0.3) is 0 Å². The van der Waals surface area contributed by atoms with Crippen LogP contribution in [0.15, 0.2) is 42.5 Å². The first-order valence-electron chi connectivity index (χ1n) is 8.44. The summed E-state index contributed by atoms with van der Waals surface area (Å²) in [6.07, 6.45) is 0.907. The van der Waals surface area contributed by atoms with Crippen molar-refractivity contribution < 1.29 is 14.3 Å². The van der Waals surface area contributed by atoms with Gasteiger partial charge in [0.25, 0.3) is 11.8 Å². The largest absolute Gasteiger partial charge is 0.495 e. The van der Waals surface area contributed by atoms with Crippen LogP contribution in [0.4, 0.5) is 5.69 Å². The molecule has 0 saturated heterocycles. The first-order valence-corrected chi connectivity index (χ1v) is 8.81. The van der Waals surface area contributed by atoms with Crippen molar-refractivity contribution >= 4 is 29.1 Å². The topological polar surface area (TPSA) is 67.4 Å². The molecule has 138 valence electrons. The van der Waals surface area contributed by atoms with E-state index in [1.807, 2.05) is 0 Å². The molecule has 2 aromatic carbocycles. The number of anilines is 1. The lowest BCUT2D eigenvalue weighted by Gasteiger charge is -2.10. The van der Waals surface area contributed by atoms with E-state index in [1.54, 1.807) is 42.5 Å². The molecule has 0 spiro atoms. The van der Waals surface area contributed by atoms with Crippen LogP contribution < -0.4 is 15.4 Å². The Morgan fingerprint density at radius 3 is 2.38 bits per heavy atom. The third-order valence-electron chi connectivity index (χ3n) is 3.80. The van der Waals surface area contributed by atoms with E-state index in [9.17, 15) is 9.59 Å². The number of ether oxygens (including phenoxy) is 1. The van der Waals surface area contributed by atoms with E-state index in [1.165, 1.54) is 7.11 Å². The molecule has 2 aromatic rings. The van der Waals surface area contributed by atoms with Gasteiger partial charge in [0.15, 0.2) is 0 Å². The van der Waals surface area contributed by atoms with E-state index in [4.69, 9.17) is 16.3 Å². The van der Waals surface area contributed by atoms with Crippen molar-refractivity contribution in [2.45, 2.75) is 20.3 Å². The number of halogens is 1. The number of benzene rings is 2. The Hall–Kier alpha value is -2.53. The lowest BCUT2D eigenvalue weighted by Crippen LogP contribution is -2.25. The fraction of sp³-hybridized carbons (Fsp3) is 0.300. The van der Waals surface area contributed by atoms with Crippen LogP contribution in [0.2, 0.25) is 5.02 Å². The third-order valence-corrected chi connectivity index (χ3v) is 4.10. The van der Waals surface area contributed by atoms with E-state index >= 15 is 0 Å². The number of carbonyl (C=O) groups is 2. The fourth-order valence-electron chi connectivity index (χ4n) is 2.33. The van der Waals surface area contributed by atoms with Crippen molar-refractivity contribution in [2.75, 3.05) is 19.0 Å². The predicted molar refractivity (Wildman–Crippen MR) is 104 cm³/mol. The standard InChI is InChI=1S/C20H23ClN2O3/c1-13(2)9-10-22-19(24)14-5-4-6-15(11-14)20(25)23-16-7-8-18(26-3)17(21)12-16/h4-8,11-13H,9-10H2,1-3H3,(H,22,24)(H,23,25). The van der Waals surface area contributed by atoms with Gasteiger partial charge in [-0.2, -0.15) is 0 Å². The normalized spacial score (nSPS) is 10.5. The number of methoxy groups -OCH3 is 1. The van der Waals surface area contributed by atoms with Gasteiger partial charge < -0.3 is 15.4 Å². The summed E-state index contributed by atoms with van der Waals surface area (Å²) in [4.78, 5) is 24.6. The zero-order valence-corrected chi connectivity index (χ0v) is 15.9. The quantitative estimate of drug-likeness (QED) is 0.755. The maximum Gasteiger partial charge on any atom is 0.255 e. The third kappa shape index (κ3) is 5.49. The van der Waals surface area contributed by atoms with Gasteiger partial charge in [0.1, 0.15) is 5.75 Å². The smallest absolute Gasteiger partial charge is 0.255 e. The maximum atomic E-state index is 12.4. The summed E-state index contributed by atoms with van der Waals surface area (Å²) >= 11 is 6.07. The molecule has 26 heavy (non-hydrogen) atoms. The van der Waals surface area contributed by atoms with Crippen LogP contribution >= 0.6 is 11.6 Å². The summed E-state index contributed by atoms with van der Waals surface area (Å²) in [7, 11) is 1.52. The van der Waals surface area contributed by atoms with E-state index < -0.39 is 0 Å². The minimum Gasteiger partial charge on any atom is -0.495 e. The molecule has 5 nitrogen and oxygen atoms in total. The molecule has 0 atom stereocenters. The molecule has 2 amide bonds. The Labute approximate surface area is 158 Å². The van der Waals surface area contributed by atoms with Crippen molar-refractivity contribution in [3.8, 4) is 5.75 Å². The van der Waals surface area contributed by atoms with Gasteiger partial charge in [0.05, 0.1) is 12.1 Å². The Balaban J connectivity index is 2.05. The first-order chi connectivity index (χ1) is 12.4. The van der Waals surface area contributed by atoms with Gasteiger partial charge in [-0.15, -0.1) is 0 Å². The molecular formula is C20H23ClN2O3. The Bertz CT molecular complexity index is 790. The van der Waals surface area contributed by atoms with Gasteiger partial charge in [0.2, 0.25) is 0 Å². The Morgan fingerprint density at radius 1 is 1.08 bits per heavy atom. The van der Waals surface area contributed by atoms with E-state index in [0.29, 0.717) is 40.0 Å². The molecule has 0 heterocycles. The maximum absolute atomic E-state index is 12.4. The highest BCUT2D eigenvalue weighted by Crippen LogP contribution is 2.27. The molecule has 0 radical (unpaired) electrons. The van der Waals surface area contributed by atoms with Crippen molar-refractivity contribution in [2.24, 2.45) is 5.92 Å². The molecule has 0 aliphatic rings. The zero-order valence-electron chi connectivity index (χ0n) is 15.1. The number of amides is 2. The number of hydrogen-bond donors (Lipinski definition) is 2. The van der Waals surface area contributed by atoms with Crippen molar-refractivity contribution in [1.29, 1.82) is 0 Å². The van der Waals surface area contributed by atoms with Crippen LogP contribution in [0.1, 0.15) is 41.0 Å². The fourth-order valence-corrected chi connectivity index (χ4v) is 2.58. The highest BCUT2D eigenvalue weighted by molar-refractivity contribution is 6.32. The molecule has 0 aromatic heterocycles. The van der Waals surface area contributed by atoms with Crippen LogP contribution in [0.5, 0.6) is 5.75 Å². The highest BCUT2D eigenvalue weighted by Gasteiger charge is 2.12. The van der Waals surface area contributed by atoms with Gasteiger partial charge in [-0.25, -0.2) is 0 Å². The van der Waals surface area contributed by atoms with E-state index in [0.717, 1.165) is 6.42 Å². The molecule has 6 heteroatoms. The van der Waals surface area contributed by atoms with Gasteiger partial charge in [-0.05, 0) is 48.7 Å². The highest BCUT2D eigenvalue weighted by atomic mass is 35.5. The molecular weight excluding hydrogens is 352 g/mol. The van der Waals surface area contributed by atoms with Crippen molar-refractivity contribution in [3.63, 3.8) is 0 Å². The first kappa shape index (κ1) is 19.8. The van der Waals surface area contributed by atoms with Crippen LogP contribution in [0.3, 0.4) is 0 Å². The summed E-state index contributed by atoms with van der Waals surface area (Å²) in [5.41, 5.74) is 1.40. The second-order valence-corrected chi connectivity index (χ2v) is 6.73. The molecule has 0 aliphatic carbocycles. The number of rotatable bonds is 7. The summed E-state index contributed by atoms with van der Waals surface area (Å²) < 4.78 is 5.09. The summed E-state index contributed by atoms with van der Waals surface area (Å²) in [6.45, 7) is 4.81. The number of carbonyl (C=O) groups excluding carboxylic acids is 2. The van der Waals surface area contributed by atoms with Gasteiger partial charge in [0, 0.05) is 23.4 Å². The molecule has 0 fully saturated rings. The molecule has 2 rings (SSSR count). The number of hydrogen-bond acceptors (Lipinski definition) is 3. The monoisotopic (exact) mass is 374 g/mol. The Kier molecular flexibility index (Phi) is 7.04. The number of nitrogens with one attached hydrogen (secondary N) is 2.